The molecule has 2 N–H and O–H groups in total. The van der Waals surface area contributed by atoms with Crippen molar-refractivity contribution in [2.45, 2.75) is 45.1 Å². The molecule has 1 heterocycles. The van der Waals surface area contributed by atoms with Crippen molar-refractivity contribution in [3.63, 3.8) is 0 Å². The molecule has 1 saturated carbocycles. The summed E-state index contributed by atoms with van der Waals surface area (Å²) in [5, 5.41) is 6.46. The molecule has 3 nitrogen and oxygen atoms in total. The Balaban J connectivity index is 2.29. The number of carbonyl (C=O) groups excluding carboxylic acids is 1. The van der Waals surface area contributed by atoms with Crippen LogP contribution in [0.2, 0.25) is 0 Å². The number of piperazine rings is 1. The Morgan fingerprint density at radius 3 is 2.50 bits per heavy atom. The quantitative estimate of drug-likeness (QED) is 0.608. The molecule has 80 valence electrons. The maximum Gasteiger partial charge on any atom is 0.240 e. The minimum Gasteiger partial charge on any atom is -0.353 e. The van der Waals surface area contributed by atoms with E-state index in [1.807, 2.05) is 0 Å². The third-order valence-electron chi connectivity index (χ3n) is 3.98. The van der Waals surface area contributed by atoms with Crippen molar-refractivity contribution in [3.8, 4) is 0 Å². The minimum absolute atomic E-state index is 0.0930. The molecular formula is C11H20N2O. The first-order chi connectivity index (χ1) is 6.58. The third-order valence-corrected chi connectivity index (χ3v) is 3.98. The molecule has 1 amide bonds. The van der Waals surface area contributed by atoms with Gasteiger partial charge in [0.25, 0.3) is 0 Å². The average molecular weight is 196 g/mol. The Labute approximate surface area is 85.6 Å². The highest BCUT2D eigenvalue weighted by molar-refractivity contribution is 5.88. The van der Waals surface area contributed by atoms with Gasteiger partial charge < -0.3 is 10.6 Å². The summed E-state index contributed by atoms with van der Waals surface area (Å²) in [6.07, 6.45) is 4.56. The molecule has 0 radical (unpaired) electrons. The predicted molar refractivity (Wildman–Crippen MR) is 56.0 cm³/mol. The summed E-state index contributed by atoms with van der Waals surface area (Å²) in [6.45, 7) is 6.11. The van der Waals surface area contributed by atoms with Crippen LogP contribution in [-0.4, -0.2) is 24.5 Å². The first-order valence-corrected chi connectivity index (χ1v) is 5.62. The average Bonchev–Trinajstić information content (AvgIpc) is 2.14. The lowest BCUT2D eigenvalue weighted by atomic mass is 9.62. The van der Waals surface area contributed by atoms with Crippen LogP contribution in [0.25, 0.3) is 0 Å². The molecule has 14 heavy (non-hydrogen) atoms. The zero-order chi connectivity index (χ0) is 10.2. The standard InChI is InChI=1S/C11H20N2O/c1-10(2)5-3-4-6-11(10)9(14)12-7-8-13-11/h13H,3-8H2,1-2H3,(H,12,14). The lowest BCUT2D eigenvalue weighted by Crippen LogP contribution is -2.70. The van der Waals surface area contributed by atoms with Crippen LogP contribution in [0.3, 0.4) is 0 Å². The SMILES string of the molecule is CC1(C)CCCCC12NCCNC2=O. The highest BCUT2D eigenvalue weighted by Crippen LogP contribution is 2.44. The molecule has 1 unspecified atom stereocenters. The van der Waals surface area contributed by atoms with E-state index in [-0.39, 0.29) is 16.9 Å². The number of amides is 1. The highest BCUT2D eigenvalue weighted by Gasteiger charge is 2.52. The third kappa shape index (κ3) is 1.26. The first-order valence-electron chi connectivity index (χ1n) is 5.62. The highest BCUT2D eigenvalue weighted by atomic mass is 16.2. The zero-order valence-electron chi connectivity index (χ0n) is 9.15. The van der Waals surface area contributed by atoms with E-state index in [2.05, 4.69) is 24.5 Å². The topological polar surface area (TPSA) is 41.1 Å². The summed E-state index contributed by atoms with van der Waals surface area (Å²) < 4.78 is 0. The van der Waals surface area contributed by atoms with Crippen molar-refractivity contribution in [3.05, 3.63) is 0 Å². The van der Waals surface area contributed by atoms with Gasteiger partial charge in [-0.25, -0.2) is 0 Å². The molecule has 1 atom stereocenters. The largest absolute Gasteiger partial charge is 0.353 e. The van der Waals surface area contributed by atoms with E-state index < -0.39 is 0 Å². The Morgan fingerprint density at radius 1 is 1.14 bits per heavy atom. The zero-order valence-corrected chi connectivity index (χ0v) is 9.15. The predicted octanol–water partition coefficient (Wildman–Crippen LogP) is 1.04. The molecule has 0 aromatic carbocycles. The van der Waals surface area contributed by atoms with Gasteiger partial charge in [-0.3, -0.25) is 4.79 Å². The molecular weight excluding hydrogens is 176 g/mol. The van der Waals surface area contributed by atoms with Gasteiger partial charge in [-0.1, -0.05) is 26.7 Å². The van der Waals surface area contributed by atoms with Crippen molar-refractivity contribution in [1.82, 2.24) is 10.6 Å². The molecule has 1 aliphatic heterocycles. The molecule has 1 spiro atoms. The van der Waals surface area contributed by atoms with Crippen molar-refractivity contribution in [1.29, 1.82) is 0 Å². The summed E-state index contributed by atoms with van der Waals surface area (Å²) >= 11 is 0. The smallest absolute Gasteiger partial charge is 0.240 e. The van der Waals surface area contributed by atoms with Gasteiger partial charge in [0.15, 0.2) is 0 Å². The molecule has 2 rings (SSSR count). The summed E-state index contributed by atoms with van der Waals surface area (Å²) in [5.41, 5.74) is -0.195. The molecule has 0 aromatic heterocycles. The van der Waals surface area contributed by atoms with Gasteiger partial charge in [-0.15, -0.1) is 0 Å². The maximum absolute atomic E-state index is 12.0. The summed E-state index contributed by atoms with van der Waals surface area (Å²) in [5.74, 6) is 0.216. The van der Waals surface area contributed by atoms with E-state index in [0.29, 0.717) is 0 Å². The van der Waals surface area contributed by atoms with E-state index >= 15 is 0 Å². The van der Waals surface area contributed by atoms with E-state index in [1.165, 1.54) is 12.8 Å². The number of nitrogens with one attached hydrogen (secondary N) is 2. The number of hydrogen-bond acceptors (Lipinski definition) is 2. The van der Waals surface area contributed by atoms with Gasteiger partial charge >= 0.3 is 0 Å². The van der Waals surface area contributed by atoms with Crippen LogP contribution >= 0.6 is 0 Å². The van der Waals surface area contributed by atoms with Gasteiger partial charge in [0.05, 0.1) is 0 Å². The lowest BCUT2D eigenvalue weighted by molar-refractivity contribution is -0.137. The van der Waals surface area contributed by atoms with Crippen molar-refractivity contribution in [2.75, 3.05) is 13.1 Å². The van der Waals surface area contributed by atoms with Crippen molar-refractivity contribution >= 4 is 5.91 Å². The second kappa shape index (κ2) is 3.23. The molecule has 0 bridgehead atoms. The summed E-state index contributed by atoms with van der Waals surface area (Å²) in [7, 11) is 0. The minimum atomic E-state index is -0.288. The number of hydrogen-bond donors (Lipinski definition) is 2. The monoisotopic (exact) mass is 196 g/mol. The van der Waals surface area contributed by atoms with E-state index in [9.17, 15) is 4.79 Å². The van der Waals surface area contributed by atoms with E-state index in [0.717, 1.165) is 25.9 Å². The summed E-state index contributed by atoms with van der Waals surface area (Å²) in [6, 6.07) is 0. The van der Waals surface area contributed by atoms with Crippen LogP contribution in [0.1, 0.15) is 39.5 Å². The van der Waals surface area contributed by atoms with Crippen molar-refractivity contribution < 1.29 is 4.79 Å². The molecule has 1 aliphatic carbocycles. The fourth-order valence-corrected chi connectivity index (χ4v) is 2.94. The molecule has 3 heteroatoms. The van der Waals surface area contributed by atoms with Crippen LogP contribution in [0, 0.1) is 5.41 Å². The second-order valence-electron chi connectivity index (χ2n) is 5.18. The van der Waals surface area contributed by atoms with Crippen LogP contribution in [0.5, 0.6) is 0 Å². The van der Waals surface area contributed by atoms with Crippen molar-refractivity contribution in [2.24, 2.45) is 5.41 Å². The fraction of sp³-hybridized carbons (Fsp3) is 0.909. The maximum atomic E-state index is 12.0. The van der Waals surface area contributed by atoms with Gasteiger partial charge in [-0.2, -0.15) is 0 Å². The Hall–Kier alpha value is -0.570. The Kier molecular flexibility index (Phi) is 2.30. The normalized spacial score (nSPS) is 36.9. The second-order valence-corrected chi connectivity index (χ2v) is 5.18. The number of carbonyl (C=O) groups is 1. The molecule has 2 aliphatic rings. The van der Waals surface area contributed by atoms with Crippen LogP contribution in [-0.2, 0) is 4.79 Å². The molecule has 1 saturated heterocycles. The van der Waals surface area contributed by atoms with Gasteiger partial charge in [0.1, 0.15) is 5.54 Å². The van der Waals surface area contributed by atoms with E-state index in [1.54, 1.807) is 0 Å². The van der Waals surface area contributed by atoms with Gasteiger partial charge in [-0.05, 0) is 18.3 Å². The first kappa shape index (κ1) is 9.97. The van der Waals surface area contributed by atoms with E-state index in [4.69, 9.17) is 0 Å². The Morgan fingerprint density at radius 2 is 1.86 bits per heavy atom. The van der Waals surface area contributed by atoms with Gasteiger partial charge in [0, 0.05) is 13.1 Å². The van der Waals surface area contributed by atoms with Crippen LogP contribution < -0.4 is 10.6 Å². The van der Waals surface area contributed by atoms with Crippen LogP contribution in [0.4, 0.5) is 0 Å². The number of rotatable bonds is 0. The van der Waals surface area contributed by atoms with Gasteiger partial charge in [0.2, 0.25) is 5.91 Å². The Bertz CT molecular complexity index is 244. The summed E-state index contributed by atoms with van der Waals surface area (Å²) in [4.78, 5) is 12.0. The lowest BCUT2D eigenvalue weighted by Gasteiger charge is -2.51. The molecule has 0 aromatic rings. The molecule has 2 fully saturated rings. The fourth-order valence-electron chi connectivity index (χ4n) is 2.94. The van der Waals surface area contributed by atoms with Crippen LogP contribution in [0.15, 0.2) is 0 Å².